The number of rotatable bonds is 2. The van der Waals surface area contributed by atoms with Crippen molar-refractivity contribution in [3.63, 3.8) is 0 Å². The summed E-state index contributed by atoms with van der Waals surface area (Å²) in [6.45, 7) is 5.95. The van der Waals surface area contributed by atoms with Gasteiger partial charge in [0.05, 0.1) is 12.6 Å². The van der Waals surface area contributed by atoms with E-state index in [1.807, 2.05) is 0 Å². The van der Waals surface area contributed by atoms with Gasteiger partial charge in [0.1, 0.15) is 5.75 Å². The Kier molecular flexibility index (Phi) is 4.28. The van der Waals surface area contributed by atoms with Gasteiger partial charge in [-0.1, -0.05) is 13.5 Å². The van der Waals surface area contributed by atoms with E-state index >= 15 is 0 Å². The molecule has 3 heteroatoms. The van der Waals surface area contributed by atoms with E-state index in [2.05, 4.69) is 42.0 Å². The highest BCUT2D eigenvalue weighted by Gasteiger charge is 2.38. The number of benzene rings is 1. The van der Waals surface area contributed by atoms with Crippen molar-refractivity contribution in [3.05, 3.63) is 23.8 Å². The van der Waals surface area contributed by atoms with Crippen LogP contribution < -0.4 is 9.64 Å². The van der Waals surface area contributed by atoms with E-state index in [0.717, 1.165) is 18.8 Å². The standard InChI is InChI=1S/C16H24N2O.CH4/c1-16(8-4-9-17(2)12-16)18-10-7-13-5-6-14(19-3)11-15(13)18;/h5-6,11H,4,7-10,12H2,1-3H3;1H4. The first-order valence-electron chi connectivity index (χ1n) is 7.25. The maximum Gasteiger partial charge on any atom is 0.120 e. The minimum atomic E-state index is 0. The van der Waals surface area contributed by atoms with Gasteiger partial charge < -0.3 is 14.5 Å². The van der Waals surface area contributed by atoms with Crippen LogP contribution in [-0.4, -0.2) is 44.2 Å². The summed E-state index contributed by atoms with van der Waals surface area (Å²) >= 11 is 0. The normalized spacial score (nSPS) is 26.1. The van der Waals surface area contributed by atoms with Gasteiger partial charge in [0.2, 0.25) is 0 Å². The van der Waals surface area contributed by atoms with Crippen LogP contribution in [0.25, 0.3) is 0 Å². The van der Waals surface area contributed by atoms with Crippen molar-refractivity contribution in [2.75, 3.05) is 38.7 Å². The smallest absolute Gasteiger partial charge is 0.120 e. The Morgan fingerprint density at radius 2 is 2.05 bits per heavy atom. The second-order valence-electron chi connectivity index (χ2n) is 6.23. The third-order valence-electron chi connectivity index (χ3n) is 4.71. The first kappa shape index (κ1) is 15.2. The van der Waals surface area contributed by atoms with E-state index in [0.29, 0.717) is 0 Å². The third kappa shape index (κ3) is 2.51. The predicted octanol–water partition coefficient (Wildman–Crippen LogP) is 3.18. The summed E-state index contributed by atoms with van der Waals surface area (Å²) in [6, 6.07) is 6.52. The summed E-state index contributed by atoms with van der Waals surface area (Å²) in [5, 5.41) is 0. The van der Waals surface area contributed by atoms with Gasteiger partial charge in [-0.15, -0.1) is 0 Å². The van der Waals surface area contributed by atoms with E-state index in [1.54, 1.807) is 7.11 Å². The van der Waals surface area contributed by atoms with Crippen molar-refractivity contribution in [2.24, 2.45) is 0 Å². The molecule has 1 atom stereocenters. The molecule has 1 saturated heterocycles. The predicted molar refractivity (Wildman–Crippen MR) is 85.9 cm³/mol. The topological polar surface area (TPSA) is 15.7 Å². The number of ether oxygens (including phenoxy) is 1. The fourth-order valence-electron chi connectivity index (χ4n) is 3.74. The molecule has 3 rings (SSSR count). The molecule has 112 valence electrons. The van der Waals surface area contributed by atoms with Crippen LogP contribution in [0, 0.1) is 0 Å². The summed E-state index contributed by atoms with van der Waals surface area (Å²) in [5.41, 5.74) is 3.12. The van der Waals surface area contributed by atoms with E-state index < -0.39 is 0 Å². The van der Waals surface area contributed by atoms with E-state index in [9.17, 15) is 0 Å². The first-order chi connectivity index (χ1) is 9.12. The molecule has 1 fully saturated rings. The van der Waals surface area contributed by atoms with Crippen LogP contribution in [0.3, 0.4) is 0 Å². The molecule has 1 unspecified atom stereocenters. The lowest BCUT2D eigenvalue weighted by Gasteiger charge is -2.46. The number of likely N-dealkylation sites (tertiary alicyclic amines) is 1. The molecule has 0 aliphatic carbocycles. The molecule has 0 bridgehead atoms. The second kappa shape index (κ2) is 5.65. The maximum absolute atomic E-state index is 5.39. The van der Waals surface area contributed by atoms with Crippen LogP contribution in [0.15, 0.2) is 18.2 Å². The molecule has 1 aromatic carbocycles. The van der Waals surface area contributed by atoms with Gasteiger partial charge in [0.15, 0.2) is 0 Å². The molecule has 3 nitrogen and oxygen atoms in total. The Morgan fingerprint density at radius 1 is 1.25 bits per heavy atom. The number of piperidine rings is 1. The largest absolute Gasteiger partial charge is 0.497 e. The Morgan fingerprint density at radius 3 is 2.75 bits per heavy atom. The van der Waals surface area contributed by atoms with E-state index in [1.165, 1.54) is 37.1 Å². The highest BCUT2D eigenvalue weighted by molar-refractivity contribution is 5.62. The number of nitrogens with zero attached hydrogens (tertiary/aromatic N) is 2. The Labute approximate surface area is 123 Å². The minimum Gasteiger partial charge on any atom is -0.497 e. The molecule has 1 aromatic rings. The highest BCUT2D eigenvalue weighted by atomic mass is 16.5. The molecule has 0 radical (unpaired) electrons. The highest BCUT2D eigenvalue weighted by Crippen LogP contribution is 2.39. The van der Waals surface area contributed by atoms with E-state index in [-0.39, 0.29) is 13.0 Å². The van der Waals surface area contributed by atoms with Crippen LogP contribution in [0.2, 0.25) is 0 Å². The summed E-state index contributed by atoms with van der Waals surface area (Å²) < 4.78 is 5.39. The maximum atomic E-state index is 5.39. The number of hydrogen-bond donors (Lipinski definition) is 0. The van der Waals surface area contributed by atoms with Gasteiger partial charge in [0.25, 0.3) is 0 Å². The van der Waals surface area contributed by atoms with Crippen LogP contribution in [-0.2, 0) is 6.42 Å². The lowest BCUT2D eigenvalue weighted by molar-refractivity contribution is 0.184. The van der Waals surface area contributed by atoms with Gasteiger partial charge in [-0.2, -0.15) is 0 Å². The fraction of sp³-hybridized carbons (Fsp3) is 0.647. The van der Waals surface area contributed by atoms with Gasteiger partial charge in [-0.05, 0) is 51.4 Å². The number of anilines is 1. The average molecular weight is 276 g/mol. The molecule has 2 aliphatic rings. The minimum absolute atomic E-state index is 0. The Bertz CT molecular complexity index is 474. The number of fused-ring (bicyclic) bond motifs is 1. The Balaban J connectivity index is 0.00000147. The van der Waals surface area contributed by atoms with Crippen LogP contribution in [0.5, 0.6) is 5.75 Å². The van der Waals surface area contributed by atoms with Gasteiger partial charge in [-0.25, -0.2) is 0 Å². The van der Waals surface area contributed by atoms with Crippen molar-refractivity contribution in [2.45, 2.75) is 39.2 Å². The first-order valence-corrected chi connectivity index (χ1v) is 7.25. The summed E-state index contributed by atoms with van der Waals surface area (Å²) in [7, 11) is 3.98. The molecule has 20 heavy (non-hydrogen) atoms. The van der Waals surface area contributed by atoms with Crippen molar-refractivity contribution in [1.82, 2.24) is 4.90 Å². The van der Waals surface area contributed by atoms with Crippen molar-refractivity contribution in [1.29, 1.82) is 0 Å². The zero-order valence-electron chi connectivity index (χ0n) is 12.3. The second-order valence-corrected chi connectivity index (χ2v) is 6.23. The van der Waals surface area contributed by atoms with Crippen molar-refractivity contribution >= 4 is 5.69 Å². The van der Waals surface area contributed by atoms with Gasteiger partial charge in [0, 0.05) is 24.8 Å². The molecule has 0 aromatic heterocycles. The fourth-order valence-corrected chi connectivity index (χ4v) is 3.74. The Hall–Kier alpha value is -1.22. The van der Waals surface area contributed by atoms with Crippen LogP contribution in [0.1, 0.15) is 32.8 Å². The lowest BCUT2D eigenvalue weighted by Crippen LogP contribution is -2.55. The molecule has 0 spiro atoms. The molecule has 0 saturated carbocycles. The zero-order chi connectivity index (χ0) is 13.5. The van der Waals surface area contributed by atoms with Crippen LogP contribution >= 0.6 is 0 Å². The lowest BCUT2D eigenvalue weighted by atomic mass is 9.89. The SMILES string of the molecule is C.COc1ccc2c(c1)N(C1(C)CCCN(C)C1)CC2. The molecule has 0 N–H and O–H groups in total. The molecule has 2 heterocycles. The molecule has 0 amide bonds. The molecular formula is C17H28N2O. The summed E-state index contributed by atoms with van der Waals surface area (Å²) in [5.74, 6) is 0.971. The van der Waals surface area contributed by atoms with Gasteiger partial charge >= 0.3 is 0 Å². The average Bonchev–Trinajstić information content (AvgIpc) is 2.81. The summed E-state index contributed by atoms with van der Waals surface area (Å²) in [6.07, 6.45) is 3.75. The van der Waals surface area contributed by atoms with Crippen molar-refractivity contribution in [3.8, 4) is 5.75 Å². The number of likely N-dealkylation sites (N-methyl/N-ethyl adjacent to an activating group) is 1. The number of hydrogen-bond acceptors (Lipinski definition) is 3. The monoisotopic (exact) mass is 276 g/mol. The zero-order valence-corrected chi connectivity index (χ0v) is 12.3. The summed E-state index contributed by atoms with van der Waals surface area (Å²) in [4.78, 5) is 5.07. The third-order valence-corrected chi connectivity index (χ3v) is 4.71. The van der Waals surface area contributed by atoms with Crippen molar-refractivity contribution < 1.29 is 4.74 Å². The molecular weight excluding hydrogens is 248 g/mol. The van der Waals surface area contributed by atoms with E-state index in [4.69, 9.17) is 4.74 Å². The quantitative estimate of drug-likeness (QED) is 0.825. The number of methoxy groups -OCH3 is 1. The van der Waals surface area contributed by atoms with Crippen LogP contribution in [0.4, 0.5) is 5.69 Å². The molecule has 2 aliphatic heterocycles. The van der Waals surface area contributed by atoms with Gasteiger partial charge in [-0.3, -0.25) is 0 Å².